The Morgan fingerprint density at radius 3 is 2.79 bits per heavy atom. The van der Waals surface area contributed by atoms with Crippen molar-refractivity contribution in [3.8, 4) is 11.3 Å². The standard InChI is InChI=1S/C14H16N4S/c1-17-9-11(8-15-17)14-12-7-10(5-6-19)3-4-13(12)18(2)16-14/h3-4,7-9,19H,5-6H2,1-2H3. The van der Waals surface area contributed by atoms with Crippen LogP contribution in [0.4, 0.5) is 0 Å². The molecule has 5 heteroatoms. The van der Waals surface area contributed by atoms with E-state index in [0.29, 0.717) is 0 Å². The highest BCUT2D eigenvalue weighted by Crippen LogP contribution is 2.28. The van der Waals surface area contributed by atoms with Gasteiger partial charge in [-0.05, 0) is 29.9 Å². The van der Waals surface area contributed by atoms with Gasteiger partial charge >= 0.3 is 0 Å². The first-order valence-corrected chi connectivity index (χ1v) is 6.88. The van der Waals surface area contributed by atoms with Gasteiger partial charge in [0, 0.05) is 31.2 Å². The maximum atomic E-state index is 4.62. The van der Waals surface area contributed by atoms with E-state index < -0.39 is 0 Å². The lowest BCUT2D eigenvalue weighted by atomic mass is 10.1. The molecule has 4 nitrogen and oxygen atoms in total. The summed E-state index contributed by atoms with van der Waals surface area (Å²) in [4.78, 5) is 0. The lowest BCUT2D eigenvalue weighted by Gasteiger charge is -1.99. The molecule has 0 aliphatic heterocycles. The molecule has 0 fully saturated rings. The largest absolute Gasteiger partial charge is 0.275 e. The molecule has 0 atom stereocenters. The van der Waals surface area contributed by atoms with Crippen molar-refractivity contribution < 1.29 is 0 Å². The van der Waals surface area contributed by atoms with Gasteiger partial charge < -0.3 is 0 Å². The van der Waals surface area contributed by atoms with Gasteiger partial charge in [-0.2, -0.15) is 22.8 Å². The van der Waals surface area contributed by atoms with E-state index >= 15 is 0 Å². The minimum atomic E-state index is 0.855. The van der Waals surface area contributed by atoms with E-state index in [0.717, 1.165) is 28.9 Å². The third-order valence-electron chi connectivity index (χ3n) is 3.29. The number of fused-ring (bicyclic) bond motifs is 1. The number of rotatable bonds is 3. The smallest absolute Gasteiger partial charge is 0.103 e. The predicted octanol–water partition coefficient (Wildman–Crippen LogP) is 2.45. The second-order valence-corrected chi connectivity index (χ2v) is 5.15. The van der Waals surface area contributed by atoms with Crippen LogP contribution >= 0.6 is 12.6 Å². The summed E-state index contributed by atoms with van der Waals surface area (Å²) < 4.78 is 3.72. The van der Waals surface area contributed by atoms with Gasteiger partial charge in [0.05, 0.1) is 11.7 Å². The molecule has 0 unspecified atom stereocenters. The molecule has 3 aromatic rings. The first kappa shape index (κ1) is 12.3. The van der Waals surface area contributed by atoms with Gasteiger partial charge in [0.15, 0.2) is 0 Å². The van der Waals surface area contributed by atoms with Crippen molar-refractivity contribution in [1.29, 1.82) is 0 Å². The Morgan fingerprint density at radius 2 is 2.11 bits per heavy atom. The van der Waals surface area contributed by atoms with Gasteiger partial charge in [-0.3, -0.25) is 9.36 Å². The summed E-state index contributed by atoms with van der Waals surface area (Å²) in [6.45, 7) is 0. The van der Waals surface area contributed by atoms with Crippen LogP contribution in [0.3, 0.4) is 0 Å². The van der Waals surface area contributed by atoms with E-state index in [-0.39, 0.29) is 0 Å². The molecule has 19 heavy (non-hydrogen) atoms. The third-order valence-corrected chi connectivity index (χ3v) is 3.52. The number of thiol groups is 1. The molecule has 98 valence electrons. The highest BCUT2D eigenvalue weighted by Gasteiger charge is 2.12. The van der Waals surface area contributed by atoms with Crippen molar-refractivity contribution in [1.82, 2.24) is 19.6 Å². The van der Waals surface area contributed by atoms with Gasteiger partial charge in [-0.1, -0.05) is 6.07 Å². The van der Waals surface area contributed by atoms with Crippen molar-refractivity contribution in [2.45, 2.75) is 6.42 Å². The van der Waals surface area contributed by atoms with Crippen molar-refractivity contribution in [3.05, 3.63) is 36.2 Å². The molecule has 0 spiro atoms. The summed E-state index contributed by atoms with van der Waals surface area (Å²) in [6.07, 6.45) is 4.82. The van der Waals surface area contributed by atoms with E-state index in [1.807, 2.05) is 31.2 Å². The average molecular weight is 272 g/mol. The monoisotopic (exact) mass is 272 g/mol. The van der Waals surface area contributed by atoms with Crippen LogP contribution in [0.1, 0.15) is 5.56 Å². The van der Waals surface area contributed by atoms with E-state index in [1.165, 1.54) is 10.9 Å². The summed E-state index contributed by atoms with van der Waals surface area (Å²) in [7, 11) is 3.89. The lowest BCUT2D eigenvalue weighted by molar-refractivity contribution is 0.767. The minimum Gasteiger partial charge on any atom is -0.275 e. The SMILES string of the molecule is Cn1cc(-c2nn(C)c3ccc(CCS)cc23)cn1. The van der Waals surface area contributed by atoms with Crippen LogP contribution in [-0.2, 0) is 20.5 Å². The van der Waals surface area contributed by atoms with E-state index in [9.17, 15) is 0 Å². The van der Waals surface area contributed by atoms with Crippen molar-refractivity contribution >= 4 is 23.5 Å². The third kappa shape index (κ3) is 2.14. The fraction of sp³-hybridized carbons (Fsp3) is 0.286. The topological polar surface area (TPSA) is 35.6 Å². The van der Waals surface area contributed by atoms with Gasteiger partial charge in [0.25, 0.3) is 0 Å². The fourth-order valence-corrected chi connectivity index (χ4v) is 2.61. The maximum absolute atomic E-state index is 4.62. The molecule has 0 aliphatic carbocycles. The second-order valence-electron chi connectivity index (χ2n) is 4.70. The van der Waals surface area contributed by atoms with Crippen LogP contribution < -0.4 is 0 Å². The van der Waals surface area contributed by atoms with Crippen LogP contribution in [0.5, 0.6) is 0 Å². The zero-order valence-electron chi connectivity index (χ0n) is 11.0. The molecule has 0 N–H and O–H groups in total. The number of hydrogen-bond donors (Lipinski definition) is 1. The summed E-state index contributed by atoms with van der Waals surface area (Å²) in [6, 6.07) is 6.48. The summed E-state index contributed by atoms with van der Waals surface area (Å²) in [5, 5.41) is 10.0. The van der Waals surface area contributed by atoms with E-state index in [2.05, 4.69) is 41.0 Å². The molecule has 0 bridgehead atoms. The maximum Gasteiger partial charge on any atom is 0.103 e. The van der Waals surface area contributed by atoms with Gasteiger partial charge in [0.1, 0.15) is 5.69 Å². The molecule has 0 amide bonds. The predicted molar refractivity (Wildman–Crippen MR) is 80.5 cm³/mol. The minimum absolute atomic E-state index is 0.855. The molecule has 2 heterocycles. The lowest BCUT2D eigenvalue weighted by Crippen LogP contribution is -1.90. The van der Waals surface area contributed by atoms with Crippen molar-refractivity contribution in [2.24, 2.45) is 14.1 Å². The molecular weight excluding hydrogens is 256 g/mol. The quantitative estimate of drug-likeness (QED) is 0.743. The number of aromatic nitrogens is 4. The van der Waals surface area contributed by atoms with Crippen LogP contribution in [0, 0.1) is 0 Å². The summed E-state index contributed by atoms with van der Waals surface area (Å²) in [5.41, 5.74) is 4.48. The van der Waals surface area contributed by atoms with Crippen LogP contribution in [0.2, 0.25) is 0 Å². The molecule has 0 saturated heterocycles. The average Bonchev–Trinajstić information content (AvgIpc) is 2.94. The van der Waals surface area contributed by atoms with Gasteiger partial charge in [0.2, 0.25) is 0 Å². The Balaban J connectivity index is 2.20. The van der Waals surface area contributed by atoms with E-state index in [4.69, 9.17) is 0 Å². The first-order chi connectivity index (χ1) is 9.19. The molecule has 3 rings (SSSR count). The molecule has 0 saturated carbocycles. The van der Waals surface area contributed by atoms with Crippen LogP contribution in [-0.4, -0.2) is 25.3 Å². The number of benzene rings is 1. The molecule has 0 radical (unpaired) electrons. The highest BCUT2D eigenvalue weighted by atomic mass is 32.1. The normalized spacial score (nSPS) is 11.3. The molecule has 0 aliphatic rings. The Bertz CT molecular complexity index is 726. The molecular formula is C14H16N4S. The van der Waals surface area contributed by atoms with Crippen molar-refractivity contribution in [2.75, 3.05) is 5.75 Å². The van der Waals surface area contributed by atoms with E-state index in [1.54, 1.807) is 4.68 Å². The Labute approximate surface area is 117 Å². The molecule has 1 aromatic carbocycles. The summed E-state index contributed by atoms with van der Waals surface area (Å²) in [5.74, 6) is 0.855. The Morgan fingerprint density at radius 1 is 1.26 bits per heavy atom. The molecule has 2 aromatic heterocycles. The fourth-order valence-electron chi connectivity index (χ4n) is 2.35. The Hall–Kier alpha value is -1.75. The zero-order chi connectivity index (χ0) is 13.4. The Kier molecular flexibility index (Phi) is 3.06. The zero-order valence-corrected chi connectivity index (χ0v) is 11.9. The second kappa shape index (κ2) is 4.74. The number of nitrogens with zero attached hydrogens (tertiary/aromatic N) is 4. The van der Waals surface area contributed by atoms with Crippen molar-refractivity contribution in [3.63, 3.8) is 0 Å². The summed E-state index contributed by atoms with van der Waals surface area (Å²) >= 11 is 4.30. The highest BCUT2D eigenvalue weighted by molar-refractivity contribution is 7.80. The van der Waals surface area contributed by atoms with Crippen LogP contribution in [0.15, 0.2) is 30.6 Å². The first-order valence-electron chi connectivity index (χ1n) is 6.24. The van der Waals surface area contributed by atoms with Crippen LogP contribution in [0.25, 0.3) is 22.2 Å². The van der Waals surface area contributed by atoms with Gasteiger partial charge in [-0.15, -0.1) is 0 Å². The number of hydrogen-bond acceptors (Lipinski definition) is 3. The number of aryl methyl sites for hydroxylation is 3. The van der Waals surface area contributed by atoms with Gasteiger partial charge in [-0.25, -0.2) is 0 Å².